The first kappa shape index (κ1) is 11.9. The standard InChI is InChI=1S/C12H17ClS/c1-11-5-7-12(8-6-11)14-10-4-2-3-9-13/h5-8H,2-4,9-10H2,1H3. The number of benzene rings is 1. The Hall–Kier alpha value is -0.140. The van der Waals surface area contributed by atoms with Crippen LogP contribution in [0.25, 0.3) is 0 Å². The summed E-state index contributed by atoms with van der Waals surface area (Å²) < 4.78 is 0. The van der Waals surface area contributed by atoms with E-state index in [-0.39, 0.29) is 0 Å². The highest BCUT2D eigenvalue weighted by Gasteiger charge is 1.93. The van der Waals surface area contributed by atoms with Crippen LogP contribution in [-0.4, -0.2) is 11.6 Å². The topological polar surface area (TPSA) is 0 Å². The fourth-order valence-corrected chi connectivity index (χ4v) is 2.30. The number of thioether (sulfide) groups is 1. The molecule has 0 aliphatic heterocycles. The average Bonchev–Trinajstić information content (AvgIpc) is 2.21. The number of alkyl halides is 1. The highest BCUT2D eigenvalue weighted by molar-refractivity contribution is 7.99. The Morgan fingerprint density at radius 1 is 1.07 bits per heavy atom. The van der Waals surface area contributed by atoms with Gasteiger partial charge in [0.1, 0.15) is 0 Å². The molecular formula is C12H17ClS. The van der Waals surface area contributed by atoms with Crippen LogP contribution in [0.3, 0.4) is 0 Å². The van der Waals surface area contributed by atoms with Crippen molar-refractivity contribution in [1.82, 2.24) is 0 Å². The fraction of sp³-hybridized carbons (Fsp3) is 0.500. The van der Waals surface area contributed by atoms with Crippen LogP contribution in [0.1, 0.15) is 24.8 Å². The molecule has 78 valence electrons. The largest absolute Gasteiger partial charge is 0.127 e. The Balaban J connectivity index is 2.15. The summed E-state index contributed by atoms with van der Waals surface area (Å²) >= 11 is 7.54. The maximum Gasteiger partial charge on any atom is 0.0223 e. The third kappa shape index (κ3) is 4.92. The maximum absolute atomic E-state index is 5.61. The van der Waals surface area contributed by atoms with Crippen molar-refractivity contribution in [3.8, 4) is 0 Å². The molecule has 0 bridgehead atoms. The van der Waals surface area contributed by atoms with E-state index in [1.807, 2.05) is 11.8 Å². The van der Waals surface area contributed by atoms with Gasteiger partial charge in [-0.15, -0.1) is 23.4 Å². The molecule has 0 fully saturated rings. The zero-order valence-electron chi connectivity index (χ0n) is 8.63. The van der Waals surface area contributed by atoms with Crippen LogP contribution >= 0.6 is 23.4 Å². The van der Waals surface area contributed by atoms with Crippen LogP contribution in [0, 0.1) is 6.92 Å². The van der Waals surface area contributed by atoms with Crippen molar-refractivity contribution in [2.45, 2.75) is 31.1 Å². The summed E-state index contributed by atoms with van der Waals surface area (Å²) in [6, 6.07) is 8.73. The van der Waals surface area contributed by atoms with Crippen molar-refractivity contribution in [1.29, 1.82) is 0 Å². The molecule has 0 heterocycles. The smallest absolute Gasteiger partial charge is 0.0223 e. The molecule has 1 aromatic carbocycles. The van der Waals surface area contributed by atoms with E-state index >= 15 is 0 Å². The van der Waals surface area contributed by atoms with Crippen molar-refractivity contribution in [2.75, 3.05) is 11.6 Å². The van der Waals surface area contributed by atoms with E-state index in [0.717, 1.165) is 12.3 Å². The molecule has 0 N–H and O–H groups in total. The van der Waals surface area contributed by atoms with E-state index in [1.54, 1.807) is 0 Å². The van der Waals surface area contributed by atoms with E-state index < -0.39 is 0 Å². The third-order valence-electron chi connectivity index (χ3n) is 2.07. The monoisotopic (exact) mass is 228 g/mol. The second-order valence-corrected chi connectivity index (χ2v) is 4.96. The van der Waals surface area contributed by atoms with Crippen LogP contribution in [-0.2, 0) is 0 Å². The van der Waals surface area contributed by atoms with Gasteiger partial charge in [-0.05, 0) is 37.7 Å². The van der Waals surface area contributed by atoms with Crippen molar-refractivity contribution >= 4 is 23.4 Å². The lowest BCUT2D eigenvalue weighted by molar-refractivity contribution is 0.783. The number of hydrogen-bond donors (Lipinski definition) is 0. The van der Waals surface area contributed by atoms with Crippen LogP contribution in [0.15, 0.2) is 29.2 Å². The molecule has 0 radical (unpaired) electrons. The predicted octanol–water partition coefficient (Wildman–Crippen LogP) is 4.50. The molecule has 14 heavy (non-hydrogen) atoms. The highest BCUT2D eigenvalue weighted by atomic mass is 35.5. The lowest BCUT2D eigenvalue weighted by Crippen LogP contribution is -1.82. The number of aryl methyl sites for hydroxylation is 1. The molecule has 1 rings (SSSR count). The molecule has 0 saturated carbocycles. The van der Waals surface area contributed by atoms with Gasteiger partial charge in [0, 0.05) is 10.8 Å². The van der Waals surface area contributed by atoms with Gasteiger partial charge in [-0.25, -0.2) is 0 Å². The summed E-state index contributed by atoms with van der Waals surface area (Å²) in [5.74, 6) is 2.01. The van der Waals surface area contributed by atoms with E-state index in [4.69, 9.17) is 11.6 Å². The second kappa shape index (κ2) is 7.19. The first-order chi connectivity index (χ1) is 6.83. The fourth-order valence-electron chi connectivity index (χ4n) is 1.20. The van der Waals surface area contributed by atoms with Gasteiger partial charge in [-0.2, -0.15) is 0 Å². The molecule has 0 amide bonds. The molecule has 1 aromatic rings. The van der Waals surface area contributed by atoms with Crippen LogP contribution in [0.4, 0.5) is 0 Å². The first-order valence-corrected chi connectivity index (χ1v) is 6.60. The minimum Gasteiger partial charge on any atom is -0.127 e. The molecular weight excluding hydrogens is 212 g/mol. The zero-order chi connectivity index (χ0) is 10.2. The molecule has 0 aliphatic carbocycles. The number of rotatable bonds is 6. The quantitative estimate of drug-likeness (QED) is 0.393. The SMILES string of the molecule is Cc1ccc(SCCCCCCl)cc1. The molecule has 0 aliphatic rings. The summed E-state index contributed by atoms with van der Waals surface area (Å²) in [6.07, 6.45) is 3.67. The number of unbranched alkanes of at least 4 members (excludes halogenated alkanes) is 2. The first-order valence-electron chi connectivity index (χ1n) is 5.08. The van der Waals surface area contributed by atoms with Crippen molar-refractivity contribution < 1.29 is 0 Å². The maximum atomic E-state index is 5.61. The van der Waals surface area contributed by atoms with E-state index in [2.05, 4.69) is 31.2 Å². The summed E-state index contributed by atoms with van der Waals surface area (Å²) in [7, 11) is 0. The number of hydrogen-bond acceptors (Lipinski definition) is 1. The molecule has 0 nitrogen and oxygen atoms in total. The van der Waals surface area contributed by atoms with E-state index in [1.165, 1.54) is 29.1 Å². The Labute approximate surface area is 96.0 Å². The van der Waals surface area contributed by atoms with Crippen molar-refractivity contribution in [2.24, 2.45) is 0 Å². The molecule has 0 atom stereocenters. The van der Waals surface area contributed by atoms with E-state index in [9.17, 15) is 0 Å². The minimum atomic E-state index is 0.801. The van der Waals surface area contributed by atoms with Gasteiger partial charge >= 0.3 is 0 Å². The molecule has 2 heteroatoms. The van der Waals surface area contributed by atoms with Gasteiger partial charge in [0.25, 0.3) is 0 Å². The van der Waals surface area contributed by atoms with Gasteiger partial charge in [0.15, 0.2) is 0 Å². The Bertz CT molecular complexity index is 243. The van der Waals surface area contributed by atoms with Crippen LogP contribution < -0.4 is 0 Å². The third-order valence-corrected chi connectivity index (χ3v) is 3.43. The minimum absolute atomic E-state index is 0.801. The molecule has 0 spiro atoms. The van der Waals surface area contributed by atoms with Gasteiger partial charge in [-0.1, -0.05) is 24.1 Å². The lowest BCUT2D eigenvalue weighted by Gasteiger charge is -2.01. The zero-order valence-corrected chi connectivity index (χ0v) is 10.2. The summed E-state index contributed by atoms with van der Waals surface area (Å²) in [6.45, 7) is 2.12. The summed E-state index contributed by atoms with van der Waals surface area (Å²) in [4.78, 5) is 1.38. The molecule has 0 saturated heterocycles. The average molecular weight is 229 g/mol. The van der Waals surface area contributed by atoms with Crippen LogP contribution in [0.5, 0.6) is 0 Å². The summed E-state index contributed by atoms with van der Waals surface area (Å²) in [5.41, 5.74) is 1.33. The van der Waals surface area contributed by atoms with Gasteiger partial charge in [-0.3, -0.25) is 0 Å². The van der Waals surface area contributed by atoms with Gasteiger partial charge in [0.2, 0.25) is 0 Å². The Morgan fingerprint density at radius 2 is 1.79 bits per heavy atom. The Kier molecular flexibility index (Phi) is 6.13. The van der Waals surface area contributed by atoms with Gasteiger partial charge in [0.05, 0.1) is 0 Å². The highest BCUT2D eigenvalue weighted by Crippen LogP contribution is 2.19. The molecule has 0 aromatic heterocycles. The normalized spacial score (nSPS) is 10.4. The lowest BCUT2D eigenvalue weighted by atomic mass is 10.2. The predicted molar refractivity (Wildman–Crippen MR) is 66.5 cm³/mol. The second-order valence-electron chi connectivity index (χ2n) is 3.41. The molecule has 0 unspecified atom stereocenters. The van der Waals surface area contributed by atoms with Crippen molar-refractivity contribution in [3.05, 3.63) is 29.8 Å². The number of halogens is 1. The van der Waals surface area contributed by atoms with E-state index in [0.29, 0.717) is 0 Å². The van der Waals surface area contributed by atoms with Crippen LogP contribution in [0.2, 0.25) is 0 Å². The van der Waals surface area contributed by atoms with Crippen molar-refractivity contribution in [3.63, 3.8) is 0 Å². The van der Waals surface area contributed by atoms with Gasteiger partial charge < -0.3 is 0 Å². The summed E-state index contributed by atoms with van der Waals surface area (Å²) in [5, 5.41) is 0. The Morgan fingerprint density at radius 3 is 2.43 bits per heavy atom.